The third-order valence-electron chi connectivity index (χ3n) is 0.321. The lowest BCUT2D eigenvalue weighted by molar-refractivity contribution is 0.334. The monoisotopic (exact) mass is 139 g/mol. The van der Waals surface area contributed by atoms with E-state index in [9.17, 15) is 0 Å². The molecule has 42 valence electrons. The van der Waals surface area contributed by atoms with Crippen molar-refractivity contribution >= 4 is 29.0 Å². The van der Waals surface area contributed by atoms with E-state index in [4.69, 9.17) is 17.3 Å². The van der Waals surface area contributed by atoms with E-state index in [-0.39, 0.29) is 5.17 Å². The predicted molar refractivity (Wildman–Crippen MR) is 33.5 cm³/mol. The summed E-state index contributed by atoms with van der Waals surface area (Å²) in [6, 6.07) is 0. The molecule has 7 heavy (non-hydrogen) atoms. The Morgan fingerprint density at radius 2 is 2.43 bits per heavy atom. The first-order chi connectivity index (χ1) is 3.27. The molecule has 0 saturated carbocycles. The van der Waals surface area contributed by atoms with Gasteiger partial charge < -0.3 is 10.5 Å². The van der Waals surface area contributed by atoms with Gasteiger partial charge >= 0.3 is 0 Å². The highest BCUT2D eigenvalue weighted by Gasteiger charge is 1.82. The van der Waals surface area contributed by atoms with Gasteiger partial charge in [0.05, 0.1) is 5.88 Å². The number of nitrogens with two attached hydrogens (primary N) is 1. The van der Waals surface area contributed by atoms with Crippen LogP contribution >= 0.6 is 23.8 Å². The quantitative estimate of drug-likeness (QED) is 0.447. The number of halogens is 1. The summed E-state index contributed by atoms with van der Waals surface area (Å²) in [5.74, 6) is 0.428. The lowest BCUT2D eigenvalue weighted by Crippen LogP contribution is -2.13. The number of rotatable bonds is 2. The Morgan fingerprint density at radius 3 is 2.57 bits per heavy atom. The first-order valence-electron chi connectivity index (χ1n) is 1.75. The number of ether oxygens (including phenoxy) is 1. The van der Waals surface area contributed by atoms with Crippen molar-refractivity contribution in [1.82, 2.24) is 0 Å². The predicted octanol–water partition coefficient (Wildman–Crippen LogP) is 0.485. The summed E-state index contributed by atoms with van der Waals surface area (Å²) in [5.41, 5.74) is 4.93. The summed E-state index contributed by atoms with van der Waals surface area (Å²) in [6.45, 7) is 0.400. The Hall–Kier alpha value is -0.0200. The molecule has 2 nitrogen and oxygen atoms in total. The summed E-state index contributed by atoms with van der Waals surface area (Å²) in [4.78, 5) is 0. The molecule has 0 aliphatic rings. The fraction of sp³-hybridized carbons (Fsp3) is 0.667. The molecule has 0 aliphatic carbocycles. The van der Waals surface area contributed by atoms with E-state index in [2.05, 4.69) is 17.0 Å². The molecule has 0 atom stereocenters. The van der Waals surface area contributed by atoms with Crippen molar-refractivity contribution in [3.63, 3.8) is 0 Å². The SMILES string of the molecule is NC(=S)OCCCl. The summed E-state index contributed by atoms with van der Waals surface area (Å²) in [5, 5.41) is 0.0562. The number of hydrogen-bond donors (Lipinski definition) is 1. The molecule has 0 amide bonds. The molecule has 2 N–H and O–H groups in total. The molecular weight excluding hydrogens is 134 g/mol. The highest BCUT2D eigenvalue weighted by molar-refractivity contribution is 7.80. The second-order valence-electron chi connectivity index (χ2n) is 0.856. The van der Waals surface area contributed by atoms with Crippen LogP contribution in [0.25, 0.3) is 0 Å². The molecule has 0 bridgehead atoms. The van der Waals surface area contributed by atoms with Gasteiger partial charge in [0.25, 0.3) is 5.17 Å². The Bertz CT molecular complexity index is 68.0. The number of thiocarbonyl (C=S) groups is 1. The fourth-order valence-electron chi connectivity index (χ4n) is 0.139. The minimum atomic E-state index is 0.0562. The lowest BCUT2D eigenvalue weighted by atomic mass is 10.9. The van der Waals surface area contributed by atoms with Crippen LogP contribution in [-0.4, -0.2) is 17.7 Å². The van der Waals surface area contributed by atoms with E-state index in [1.807, 2.05) is 0 Å². The number of hydrogen-bond acceptors (Lipinski definition) is 2. The van der Waals surface area contributed by atoms with Gasteiger partial charge in [-0.3, -0.25) is 0 Å². The lowest BCUT2D eigenvalue weighted by Gasteiger charge is -1.95. The molecule has 0 heterocycles. The highest BCUT2D eigenvalue weighted by Crippen LogP contribution is 1.76. The largest absolute Gasteiger partial charge is 0.470 e. The van der Waals surface area contributed by atoms with Crippen LogP contribution < -0.4 is 5.73 Å². The van der Waals surface area contributed by atoms with Crippen LogP contribution in [0.2, 0.25) is 0 Å². The smallest absolute Gasteiger partial charge is 0.253 e. The Balaban J connectivity index is 2.82. The van der Waals surface area contributed by atoms with Crippen LogP contribution in [-0.2, 0) is 4.74 Å². The van der Waals surface area contributed by atoms with E-state index in [1.54, 1.807) is 0 Å². The van der Waals surface area contributed by atoms with Crippen LogP contribution in [0, 0.1) is 0 Å². The molecule has 0 unspecified atom stereocenters. The average molecular weight is 140 g/mol. The zero-order valence-corrected chi connectivity index (χ0v) is 5.26. The van der Waals surface area contributed by atoms with Crippen molar-refractivity contribution in [3.8, 4) is 0 Å². The van der Waals surface area contributed by atoms with Gasteiger partial charge in [-0.25, -0.2) is 0 Å². The van der Waals surface area contributed by atoms with Crippen molar-refractivity contribution in [2.45, 2.75) is 0 Å². The summed E-state index contributed by atoms with van der Waals surface area (Å²) in [6.07, 6.45) is 0. The van der Waals surface area contributed by atoms with Crippen molar-refractivity contribution in [1.29, 1.82) is 0 Å². The minimum Gasteiger partial charge on any atom is -0.470 e. The van der Waals surface area contributed by atoms with Crippen LogP contribution in [0.4, 0.5) is 0 Å². The van der Waals surface area contributed by atoms with E-state index in [0.29, 0.717) is 12.5 Å². The van der Waals surface area contributed by atoms with Crippen molar-refractivity contribution in [3.05, 3.63) is 0 Å². The second-order valence-corrected chi connectivity index (χ2v) is 1.64. The van der Waals surface area contributed by atoms with Gasteiger partial charge in [-0.2, -0.15) is 0 Å². The molecule has 0 aromatic rings. The zero-order chi connectivity index (χ0) is 5.70. The maximum atomic E-state index is 5.21. The third-order valence-corrected chi connectivity index (χ3v) is 0.594. The topological polar surface area (TPSA) is 35.2 Å². The van der Waals surface area contributed by atoms with Crippen molar-refractivity contribution in [2.24, 2.45) is 5.73 Å². The standard InChI is InChI=1S/C3H6ClNOS/c4-1-2-6-3(5)7/h1-2H2,(H2,5,7). The molecular formula is C3H6ClNOS. The van der Waals surface area contributed by atoms with Gasteiger partial charge in [0.1, 0.15) is 6.61 Å². The Labute approximate surface area is 52.6 Å². The molecule has 4 heteroatoms. The molecule has 0 saturated heterocycles. The van der Waals surface area contributed by atoms with Gasteiger partial charge in [0, 0.05) is 0 Å². The maximum Gasteiger partial charge on any atom is 0.253 e. The normalized spacial score (nSPS) is 8.14. The van der Waals surface area contributed by atoms with Crippen molar-refractivity contribution in [2.75, 3.05) is 12.5 Å². The minimum absolute atomic E-state index is 0.0562. The number of alkyl halides is 1. The first-order valence-corrected chi connectivity index (χ1v) is 2.70. The molecule has 0 aromatic carbocycles. The van der Waals surface area contributed by atoms with Gasteiger partial charge in [-0.1, -0.05) is 0 Å². The molecule has 0 radical (unpaired) electrons. The van der Waals surface area contributed by atoms with E-state index in [0.717, 1.165) is 0 Å². The van der Waals surface area contributed by atoms with Gasteiger partial charge in [0.15, 0.2) is 0 Å². The van der Waals surface area contributed by atoms with E-state index < -0.39 is 0 Å². The summed E-state index contributed by atoms with van der Waals surface area (Å²) < 4.78 is 4.57. The van der Waals surface area contributed by atoms with Gasteiger partial charge in [-0.15, -0.1) is 11.6 Å². The fourth-order valence-corrected chi connectivity index (χ4v) is 0.300. The van der Waals surface area contributed by atoms with Crippen LogP contribution in [0.5, 0.6) is 0 Å². The summed E-state index contributed by atoms with van der Waals surface area (Å²) >= 11 is 9.56. The second kappa shape index (κ2) is 4.15. The first kappa shape index (κ1) is 6.98. The van der Waals surface area contributed by atoms with Crippen LogP contribution in [0.3, 0.4) is 0 Å². The maximum absolute atomic E-state index is 5.21. The Kier molecular flexibility index (Phi) is 4.14. The molecule has 0 fully saturated rings. The molecule has 0 aromatic heterocycles. The highest BCUT2D eigenvalue weighted by atomic mass is 35.5. The van der Waals surface area contributed by atoms with E-state index in [1.165, 1.54) is 0 Å². The molecule has 0 aliphatic heterocycles. The van der Waals surface area contributed by atoms with Crippen LogP contribution in [0.15, 0.2) is 0 Å². The van der Waals surface area contributed by atoms with E-state index >= 15 is 0 Å². The Morgan fingerprint density at radius 1 is 1.86 bits per heavy atom. The molecule has 0 spiro atoms. The third kappa shape index (κ3) is 5.98. The van der Waals surface area contributed by atoms with Gasteiger partial charge in [0.2, 0.25) is 0 Å². The zero-order valence-electron chi connectivity index (χ0n) is 3.69. The van der Waals surface area contributed by atoms with Crippen molar-refractivity contribution < 1.29 is 4.74 Å². The summed E-state index contributed by atoms with van der Waals surface area (Å²) in [7, 11) is 0. The van der Waals surface area contributed by atoms with Gasteiger partial charge in [-0.05, 0) is 12.2 Å². The molecule has 0 rings (SSSR count). The average Bonchev–Trinajstić information content (AvgIpc) is 1.61. The van der Waals surface area contributed by atoms with Crippen LogP contribution in [0.1, 0.15) is 0 Å².